The van der Waals surface area contributed by atoms with Gasteiger partial charge in [0.1, 0.15) is 5.82 Å². The molecule has 1 atom stereocenters. The number of hydrogen-bond donors (Lipinski definition) is 1. The van der Waals surface area contributed by atoms with Gasteiger partial charge in [0.15, 0.2) is 0 Å². The van der Waals surface area contributed by atoms with E-state index in [4.69, 9.17) is 11.6 Å². The highest BCUT2D eigenvalue weighted by Crippen LogP contribution is 2.19. The van der Waals surface area contributed by atoms with Crippen LogP contribution in [0.15, 0.2) is 48.5 Å². The highest BCUT2D eigenvalue weighted by molar-refractivity contribution is 14.1. The molecule has 2 aromatic carbocycles. The first-order chi connectivity index (χ1) is 9.58. The van der Waals surface area contributed by atoms with E-state index in [9.17, 15) is 9.18 Å². The van der Waals surface area contributed by atoms with Crippen molar-refractivity contribution in [3.05, 3.63) is 69.0 Å². The number of hydrogen-bond acceptors (Lipinski definition) is 1. The van der Waals surface area contributed by atoms with Crippen molar-refractivity contribution in [2.24, 2.45) is 0 Å². The maximum absolute atomic E-state index is 13.0. The van der Waals surface area contributed by atoms with Crippen molar-refractivity contribution in [3.8, 4) is 0 Å². The second kappa shape index (κ2) is 7.04. The molecule has 5 heteroatoms. The van der Waals surface area contributed by atoms with Gasteiger partial charge in [0, 0.05) is 10.1 Å². The first-order valence-corrected chi connectivity index (χ1v) is 7.51. The lowest BCUT2D eigenvalue weighted by Crippen LogP contribution is -2.27. The Kier molecular flexibility index (Phi) is 5.37. The summed E-state index contributed by atoms with van der Waals surface area (Å²) < 4.78 is 13.6. The molecule has 0 aliphatic heterocycles. The summed E-state index contributed by atoms with van der Waals surface area (Å²) in [5.74, 6) is -0.610. The van der Waals surface area contributed by atoms with Gasteiger partial charge in [-0.25, -0.2) is 4.39 Å². The fourth-order valence-corrected chi connectivity index (χ4v) is 2.68. The van der Waals surface area contributed by atoms with E-state index in [1.807, 2.05) is 52.9 Å². The fourth-order valence-electron chi connectivity index (χ4n) is 1.73. The predicted octanol–water partition coefficient (Wildman–Crippen LogP) is 4.14. The Hall–Kier alpha value is -1.14. The van der Waals surface area contributed by atoms with Crippen LogP contribution in [0.1, 0.15) is 21.3 Å². The van der Waals surface area contributed by atoms with Gasteiger partial charge >= 0.3 is 0 Å². The Labute approximate surface area is 135 Å². The van der Waals surface area contributed by atoms with E-state index in [2.05, 4.69) is 5.32 Å². The number of alkyl halides is 1. The normalized spacial score (nSPS) is 11.9. The van der Waals surface area contributed by atoms with Gasteiger partial charge in [-0.3, -0.25) is 4.79 Å². The van der Waals surface area contributed by atoms with E-state index in [0.717, 1.165) is 5.56 Å². The molecular weight excluding hydrogens is 392 g/mol. The largest absolute Gasteiger partial charge is 0.350 e. The molecule has 0 radical (unpaired) electrons. The van der Waals surface area contributed by atoms with Crippen LogP contribution in [0, 0.1) is 9.39 Å². The number of halogens is 3. The summed E-state index contributed by atoms with van der Waals surface area (Å²) in [7, 11) is 0. The zero-order chi connectivity index (χ0) is 14.5. The molecule has 0 heterocycles. The number of benzene rings is 2. The molecular formula is C15H12ClFINO. The lowest BCUT2D eigenvalue weighted by atomic mass is 10.1. The molecule has 2 rings (SSSR count). The zero-order valence-corrected chi connectivity index (χ0v) is 13.4. The predicted molar refractivity (Wildman–Crippen MR) is 86.5 cm³/mol. The molecule has 1 unspecified atom stereocenters. The molecule has 2 aromatic rings. The van der Waals surface area contributed by atoms with Crippen LogP contribution in [-0.2, 0) is 0 Å². The molecule has 0 aromatic heterocycles. The van der Waals surface area contributed by atoms with Gasteiger partial charge in [-0.1, -0.05) is 30.3 Å². The van der Waals surface area contributed by atoms with Gasteiger partial charge < -0.3 is 5.32 Å². The van der Waals surface area contributed by atoms with Crippen LogP contribution in [0.4, 0.5) is 4.39 Å². The lowest BCUT2D eigenvalue weighted by molar-refractivity contribution is 0.0952. The Morgan fingerprint density at radius 3 is 2.60 bits per heavy atom. The van der Waals surface area contributed by atoms with E-state index < -0.39 is 0 Å². The minimum atomic E-state index is -0.356. The summed E-state index contributed by atoms with van der Waals surface area (Å²) in [5.41, 5.74) is 1.40. The monoisotopic (exact) mass is 403 g/mol. The number of amides is 1. The second-order valence-electron chi connectivity index (χ2n) is 4.21. The smallest absolute Gasteiger partial charge is 0.252 e. The summed E-state index contributed by atoms with van der Waals surface area (Å²) in [6, 6.07) is 13.6. The van der Waals surface area contributed by atoms with Crippen molar-refractivity contribution >= 4 is 40.1 Å². The molecule has 0 aliphatic rings. The summed E-state index contributed by atoms with van der Waals surface area (Å²) in [6.45, 7) is 0.317. The fraction of sp³-hybridized carbons (Fsp3) is 0.133. The molecule has 104 valence electrons. The van der Waals surface area contributed by atoms with Crippen molar-refractivity contribution in [1.29, 1.82) is 0 Å². The molecule has 0 spiro atoms. The van der Waals surface area contributed by atoms with E-state index in [1.54, 1.807) is 0 Å². The molecule has 1 N–H and O–H groups in total. The Morgan fingerprint density at radius 2 is 1.95 bits per heavy atom. The van der Waals surface area contributed by atoms with Crippen LogP contribution in [0.3, 0.4) is 0 Å². The minimum Gasteiger partial charge on any atom is -0.350 e. The van der Waals surface area contributed by atoms with Crippen molar-refractivity contribution in [2.75, 3.05) is 6.54 Å². The Bertz CT molecular complexity index is 606. The number of carbonyl (C=O) groups excluding carboxylic acids is 1. The minimum absolute atomic E-state index is 0.254. The maximum Gasteiger partial charge on any atom is 0.252 e. The summed E-state index contributed by atoms with van der Waals surface area (Å²) in [6.07, 6.45) is 0. The second-order valence-corrected chi connectivity index (χ2v) is 5.90. The van der Waals surface area contributed by atoms with Gasteiger partial charge in [-0.05, 0) is 46.4 Å². The van der Waals surface area contributed by atoms with Crippen molar-refractivity contribution in [2.45, 2.75) is 5.38 Å². The summed E-state index contributed by atoms with van der Waals surface area (Å²) in [4.78, 5) is 12.0. The molecule has 0 aliphatic carbocycles. The number of carbonyl (C=O) groups is 1. The topological polar surface area (TPSA) is 29.1 Å². The quantitative estimate of drug-likeness (QED) is 0.603. The van der Waals surface area contributed by atoms with Crippen LogP contribution in [0.25, 0.3) is 0 Å². The SMILES string of the molecule is O=C(NCC(Cl)c1ccccc1)c1ccc(F)cc1I. The van der Waals surface area contributed by atoms with E-state index >= 15 is 0 Å². The third-order valence-corrected chi connectivity index (χ3v) is 4.08. The van der Waals surface area contributed by atoms with Gasteiger partial charge in [0.05, 0.1) is 10.9 Å². The third kappa shape index (κ3) is 3.93. The van der Waals surface area contributed by atoms with Crippen LogP contribution in [-0.4, -0.2) is 12.5 Å². The zero-order valence-electron chi connectivity index (χ0n) is 10.4. The molecule has 0 saturated heterocycles. The molecule has 0 fully saturated rings. The van der Waals surface area contributed by atoms with Crippen molar-refractivity contribution in [1.82, 2.24) is 5.32 Å². The van der Waals surface area contributed by atoms with Crippen molar-refractivity contribution < 1.29 is 9.18 Å². The Morgan fingerprint density at radius 1 is 1.25 bits per heavy atom. The average Bonchev–Trinajstić information content (AvgIpc) is 2.45. The summed E-state index contributed by atoms with van der Waals surface area (Å²) >= 11 is 8.16. The number of nitrogens with one attached hydrogen (secondary N) is 1. The van der Waals surface area contributed by atoms with Gasteiger partial charge in [-0.2, -0.15) is 0 Å². The summed E-state index contributed by atoms with van der Waals surface area (Å²) in [5, 5.41) is 2.47. The molecule has 20 heavy (non-hydrogen) atoms. The number of rotatable bonds is 4. The standard InChI is InChI=1S/C15H12ClFINO/c16-13(10-4-2-1-3-5-10)9-19-15(20)12-7-6-11(17)8-14(12)18/h1-8,13H,9H2,(H,19,20). The van der Waals surface area contributed by atoms with E-state index in [-0.39, 0.29) is 17.1 Å². The van der Waals surface area contributed by atoms with Gasteiger partial charge in [0.25, 0.3) is 5.91 Å². The molecule has 1 amide bonds. The van der Waals surface area contributed by atoms with Crippen LogP contribution >= 0.6 is 34.2 Å². The van der Waals surface area contributed by atoms with E-state index in [1.165, 1.54) is 18.2 Å². The molecule has 0 saturated carbocycles. The first kappa shape index (κ1) is 15.3. The van der Waals surface area contributed by atoms with Gasteiger partial charge in [-0.15, -0.1) is 11.6 Å². The average molecular weight is 404 g/mol. The van der Waals surface area contributed by atoms with Crippen LogP contribution < -0.4 is 5.32 Å². The third-order valence-electron chi connectivity index (χ3n) is 2.78. The highest BCUT2D eigenvalue weighted by Gasteiger charge is 2.13. The van der Waals surface area contributed by atoms with Crippen LogP contribution in [0.5, 0.6) is 0 Å². The molecule has 0 bridgehead atoms. The highest BCUT2D eigenvalue weighted by atomic mass is 127. The van der Waals surface area contributed by atoms with Crippen LogP contribution in [0.2, 0.25) is 0 Å². The van der Waals surface area contributed by atoms with Crippen molar-refractivity contribution in [3.63, 3.8) is 0 Å². The van der Waals surface area contributed by atoms with Gasteiger partial charge in [0.2, 0.25) is 0 Å². The maximum atomic E-state index is 13.0. The lowest BCUT2D eigenvalue weighted by Gasteiger charge is -2.12. The Balaban J connectivity index is 1.99. The van der Waals surface area contributed by atoms with E-state index in [0.29, 0.717) is 15.7 Å². The molecule has 2 nitrogen and oxygen atoms in total. The first-order valence-electron chi connectivity index (χ1n) is 6.00.